The van der Waals surface area contributed by atoms with Crippen LogP contribution < -0.4 is 5.32 Å². The average Bonchev–Trinajstić information content (AvgIpc) is 2.68. The number of amides is 2. The summed E-state index contributed by atoms with van der Waals surface area (Å²) in [4.78, 5) is 37.3. The molecule has 0 aromatic heterocycles. The van der Waals surface area contributed by atoms with Gasteiger partial charge in [0, 0.05) is 29.9 Å². The number of hydrogen-bond acceptors (Lipinski definition) is 7. The number of ether oxygens (including phenoxy) is 2. The molecule has 33 heavy (non-hydrogen) atoms. The molecule has 2 aromatic carbocycles. The van der Waals surface area contributed by atoms with Crippen molar-refractivity contribution in [2.45, 2.75) is 65.8 Å². The molecule has 0 aliphatic rings. The van der Waals surface area contributed by atoms with Gasteiger partial charge in [0.15, 0.2) is 0 Å². The first-order valence-electron chi connectivity index (χ1n) is 10.5. The van der Waals surface area contributed by atoms with Gasteiger partial charge in [0.1, 0.15) is 11.2 Å². The Hall–Kier alpha value is -3.62. The van der Waals surface area contributed by atoms with Crippen LogP contribution in [0.25, 0.3) is 0 Å². The molecule has 9 heteroatoms. The lowest BCUT2D eigenvalue weighted by atomic mass is 10.1. The molecule has 0 aliphatic heterocycles. The molecule has 9 nitrogen and oxygen atoms in total. The summed E-state index contributed by atoms with van der Waals surface area (Å²) in [6.45, 7) is 10.2. The van der Waals surface area contributed by atoms with Crippen LogP contribution in [0.1, 0.15) is 52.7 Å². The molecular formula is C24H31N3O6. The normalized spacial score (nSPS) is 11.5. The minimum absolute atomic E-state index is 0.163. The largest absolute Gasteiger partial charge is 0.443 e. The van der Waals surface area contributed by atoms with E-state index in [1.807, 2.05) is 30.3 Å². The highest BCUT2D eigenvalue weighted by molar-refractivity contribution is 5.88. The average molecular weight is 458 g/mol. The van der Waals surface area contributed by atoms with Gasteiger partial charge < -0.3 is 14.8 Å². The van der Waals surface area contributed by atoms with Crippen molar-refractivity contribution in [1.82, 2.24) is 4.90 Å². The van der Waals surface area contributed by atoms with E-state index in [4.69, 9.17) is 9.47 Å². The monoisotopic (exact) mass is 457 g/mol. The lowest BCUT2D eigenvalue weighted by Crippen LogP contribution is -2.43. The van der Waals surface area contributed by atoms with E-state index in [1.165, 1.54) is 12.1 Å². The number of nitro groups is 1. The molecule has 0 fully saturated rings. The zero-order valence-corrected chi connectivity index (χ0v) is 19.9. The molecule has 2 aromatic rings. The first kappa shape index (κ1) is 25.6. The zero-order chi connectivity index (χ0) is 24.8. The second-order valence-corrected chi connectivity index (χ2v) is 9.48. The first-order valence-corrected chi connectivity index (χ1v) is 10.5. The molecule has 1 N–H and O–H groups in total. The van der Waals surface area contributed by atoms with E-state index in [0.29, 0.717) is 17.8 Å². The number of non-ortho nitro benzene ring substituents is 1. The summed E-state index contributed by atoms with van der Waals surface area (Å²) in [5.41, 5.74) is 0.0444. The third-order valence-corrected chi connectivity index (χ3v) is 4.18. The Morgan fingerprint density at radius 1 is 0.939 bits per heavy atom. The van der Waals surface area contributed by atoms with Crippen LogP contribution in [0.15, 0.2) is 48.5 Å². The Balaban J connectivity index is 2.40. The van der Waals surface area contributed by atoms with Gasteiger partial charge in [0.2, 0.25) is 0 Å². The fourth-order valence-electron chi connectivity index (χ4n) is 2.80. The van der Waals surface area contributed by atoms with Crippen LogP contribution in [0.2, 0.25) is 0 Å². The maximum absolute atomic E-state index is 12.8. The van der Waals surface area contributed by atoms with Gasteiger partial charge in [0.05, 0.1) is 11.5 Å². The fourth-order valence-corrected chi connectivity index (χ4v) is 2.80. The SMILES string of the molecule is CC(C)(C)OC(=O)N(Cc1cc([N+](=O)[O-])ccc1NCc1ccccc1)C(=O)OC(C)(C)C. The molecule has 178 valence electrons. The molecule has 0 spiro atoms. The lowest BCUT2D eigenvalue weighted by Gasteiger charge is -2.29. The van der Waals surface area contributed by atoms with E-state index in [9.17, 15) is 19.7 Å². The van der Waals surface area contributed by atoms with Crippen molar-refractivity contribution in [2.75, 3.05) is 5.32 Å². The molecule has 0 saturated heterocycles. The standard InChI is InChI=1S/C24H31N3O6/c1-23(2,3)32-21(28)26(22(29)33-24(4,5)6)16-18-14-19(27(30)31)12-13-20(18)25-15-17-10-8-7-9-11-17/h7-14,25H,15-16H2,1-6H3. The smallest absolute Gasteiger partial charge is 0.420 e. The number of benzene rings is 2. The number of nitrogens with zero attached hydrogens (tertiary/aromatic N) is 2. The summed E-state index contributed by atoms with van der Waals surface area (Å²) in [5.74, 6) is 0. The zero-order valence-electron chi connectivity index (χ0n) is 19.9. The van der Waals surface area contributed by atoms with Crippen molar-refractivity contribution in [2.24, 2.45) is 0 Å². The number of imide groups is 1. The fraction of sp³-hybridized carbons (Fsp3) is 0.417. The summed E-state index contributed by atoms with van der Waals surface area (Å²) >= 11 is 0. The number of nitro benzene ring substituents is 1. The van der Waals surface area contributed by atoms with Gasteiger partial charge >= 0.3 is 12.2 Å². The molecule has 0 bridgehead atoms. The third kappa shape index (κ3) is 8.44. The molecule has 0 saturated carbocycles. The molecule has 0 atom stereocenters. The number of carbonyl (C=O) groups excluding carboxylic acids is 2. The molecule has 0 unspecified atom stereocenters. The summed E-state index contributed by atoms with van der Waals surface area (Å²) < 4.78 is 10.8. The molecule has 2 amide bonds. The highest BCUT2D eigenvalue weighted by Gasteiger charge is 2.32. The van der Waals surface area contributed by atoms with E-state index >= 15 is 0 Å². The Bertz CT molecular complexity index is 965. The topological polar surface area (TPSA) is 111 Å². The van der Waals surface area contributed by atoms with E-state index in [1.54, 1.807) is 47.6 Å². The van der Waals surface area contributed by atoms with Crippen LogP contribution in [-0.2, 0) is 22.6 Å². The maximum Gasteiger partial charge on any atom is 0.420 e. The number of rotatable bonds is 6. The highest BCUT2D eigenvalue weighted by Crippen LogP contribution is 2.26. The van der Waals surface area contributed by atoms with Gasteiger partial charge in [-0.25, -0.2) is 14.5 Å². The number of carbonyl (C=O) groups is 2. The quantitative estimate of drug-likeness (QED) is 0.426. The van der Waals surface area contributed by atoms with Crippen LogP contribution >= 0.6 is 0 Å². The highest BCUT2D eigenvalue weighted by atomic mass is 16.6. The van der Waals surface area contributed by atoms with Gasteiger partial charge in [-0.3, -0.25) is 10.1 Å². The van der Waals surface area contributed by atoms with Gasteiger partial charge in [-0.05, 0) is 53.2 Å². The van der Waals surface area contributed by atoms with Crippen LogP contribution in [-0.4, -0.2) is 33.2 Å². The second kappa shape index (κ2) is 10.3. The Morgan fingerprint density at radius 2 is 1.48 bits per heavy atom. The van der Waals surface area contributed by atoms with Crippen molar-refractivity contribution in [3.63, 3.8) is 0 Å². The van der Waals surface area contributed by atoms with Crippen molar-refractivity contribution >= 4 is 23.6 Å². The van der Waals surface area contributed by atoms with E-state index in [0.717, 1.165) is 10.5 Å². The van der Waals surface area contributed by atoms with E-state index in [2.05, 4.69) is 5.32 Å². The molecule has 0 radical (unpaired) electrons. The van der Waals surface area contributed by atoms with Gasteiger partial charge in [-0.1, -0.05) is 30.3 Å². The summed E-state index contributed by atoms with van der Waals surface area (Å²) in [6, 6.07) is 13.8. The minimum atomic E-state index is -0.905. The van der Waals surface area contributed by atoms with Crippen molar-refractivity contribution < 1.29 is 24.0 Å². The number of hydrogen-bond donors (Lipinski definition) is 1. The summed E-state index contributed by atoms with van der Waals surface area (Å²) in [6.07, 6.45) is -1.81. The summed E-state index contributed by atoms with van der Waals surface area (Å²) in [5, 5.41) is 14.6. The summed E-state index contributed by atoms with van der Waals surface area (Å²) in [7, 11) is 0. The number of anilines is 1. The third-order valence-electron chi connectivity index (χ3n) is 4.18. The van der Waals surface area contributed by atoms with Crippen LogP contribution in [0.5, 0.6) is 0 Å². The van der Waals surface area contributed by atoms with E-state index in [-0.39, 0.29) is 12.2 Å². The van der Waals surface area contributed by atoms with Crippen LogP contribution in [0.3, 0.4) is 0 Å². The van der Waals surface area contributed by atoms with E-state index < -0.39 is 28.3 Å². The molecule has 2 rings (SSSR count). The van der Waals surface area contributed by atoms with Crippen LogP contribution in [0, 0.1) is 10.1 Å². The van der Waals surface area contributed by atoms with Crippen molar-refractivity contribution in [3.8, 4) is 0 Å². The predicted molar refractivity (Wildman–Crippen MR) is 125 cm³/mol. The molecule has 0 aliphatic carbocycles. The maximum atomic E-state index is 12.8. The van der Waals surface area contributed by atoms with Gasteiger partial charge in [-0.2, -0.15) is 0 Å². The number of nitrogens with one attached hydrogen (secondary N) is 1. The molecular weight excluding hydrogens is 426 g/mol. The Morgan fingerprint density at radius 3 is 1.97 bits per heavy atom. The predicted octanol–water partition coefficient (Wildman–Crippen LogP) is 5.88. The first-order chi connectivity index (χ1) is 15.2. The van der Waals surface area contributed by atoms with Gasteiger partial charge in [0.25, 0.3) is 5.69 Å². The Kier molecular flexibility index (Phi) is 8.03. The van der Waals surface area contributed by atoms with Crippen molar-refractivity contribution in [3.05, 3.63) is 69.8 Å². The van der Waals surface area contributed by atoms with Crippen LogP contribution in [0.4, 0.5) is 21.0 Å². The lowest BCUT2D eigenvalue weighted by molar-refractivity contribution is -0.384. The van der Waals surface area contributed by atoms with Crippen molar-refractivity contribution in [1.29, 1.82) is 0 Å². The second-order valence-electron chi connectivity index (χ2n) is 9.48. The van der Waals surface area contributed by atoms with Gasteiger partial charge in [-0.15, -0.1) is 0 Å². The molecule has 0 heterocycles. The minimum Gasteiger partial charge on any atom is -0.443 e. The Labute approximate surface area is 193 Å².